The van der Waals surface area contributed by atoms with Crippen LogP contribution in [-0.4, -0.2) is 28.8 Å². The van der Waals surface area contributed by atoms with Crippen molar-refractivity contribution in [2.75, 3.05) is 13.1 Å². The van der Waals surface area contributed by atoms with Crippen LogP contribution in [0.1, 0.15) is 28.7 Å². The fourth-order valence-corrected chi connectivity index (χ4v) is 1.61. The topological polar surface area (TPSA) is 72.9 Å². The number of nitrogens with zero attached hydrogens (tertiary/aromatic N) is 2. The molecule has 0 spiro atoms. The number of carbonyl (C=O) groups is 1. The first kappa shape index (κ1) is 14.9. The lowest BCUT2D eigenvalue weighted by molar-refractivity contribution is 0.0953. The highest BCUT2D eigenvalue weighted by Crippen LogP contribution is 2.12. The number of hydrogen-bond donors (Lipinski definition) is 2. The second kappa shape index (κ2) is 6.50. The number of carbonyl (C=O) groups excluding carboxylic acids is 1. The molecule has 5 nitrogen and oxygen atoms in total. The molecule has 1 rings (SSSR count). The van der Waals surface area contributed by atoms with Crippen molar-refractivity contribution in [1.29, 1.82) is 0 Å². The molecule has 0 radical (unpaired) electrons. The van der Waals surface area contributed by atoms with Crippen molar-refractivity contribution in [2.45, 2.75) is 27.3 Å². The predicted octanol–water partition coefficient (Wildman–Crippen LogP) is 0.630. The Bertz CT molecular complexity index is 362. The van der Waals surface area contributed by atoms with Gasteiger partial charge < -0.3 is 11.1 Å². The molecule has 0 unspecified atom stereocenters. The van der Waals surface area contributed by atoms with Crippen LogP contribution >= 0.6 is 12.4 Å². The van der Waals surface area contributed by atoms with Gasteiger partial charge in [0.05, 0.1) is 11.3 Å². The summed E-state index contributed by atoms with van der Waals surface area (Å²) < 4.78 is 1.83. The highest BCUT2D eigenvalue weighted by Gasteiger charge is 2.17. The molecule has 0 aliphatic rings. The molecule has 0 saturated carbocycles. The molecule has 16 heavy (non-hydrogen) atoms. The SMILES string of the molecule is CCn1nc(C)c(C(=O)NCCN)c1C.Cl. The van der Waals surface area contributed by atoms with Gasteiger partial charge in [-0.1, -0.05) is 0 Å². The molecular formula is C10H19ClN4O. The van der Waals surface area contributed by atoms with Gasteiger partial charge >= 0.3 is 0 Å². The smallest absolute Gasteiger partial charge is 0.255 e. The number of hydrogen-bond acceptors (Lipinski definition) is 3. The molecular weight excluding hydrogens is 228 g/mol. The Labute approximate surface area is 102 Å². The number of aryl methyl sites for hydroxylation is 2. The molecule has 92 valence electrons. The number of amides is 1. The molecule has 1 aromatic heterocycles. The first-order valence-electron chi connectivity index (χ1n) is 5.14. The molecule has 0 aliphatic heterocycles. The maximum atomic E-state index is 11.8. The van der Waals surface area contributed by atoms with E-state index in [0.717, 1.165) is 17.9 Å². The van der Waals surface area contributed by atoms with Gasteiger partial charge in [0.2, 0.25) is 0 Å². The van der Waals surface area contributed by atoms with Gasteiger partial charge in [0.25, 0.3) is 5.91 Å². The molecule has 6 heteroatoms. The third-order valence-corrected chi connectivity index (χ3v) is 2.34. The monoisotopic (exact) mass is 246 g/mol. The third kappa shape index (κ3) is 2.96. The van der Waals surface area contributed by atoms with E-state index in [0.29, 0.717) is 18.7 Å². The molecule has 1 heterocycles. The maximum absolute atomic E-state index is 11.8. The minimum Gasteiger partial charge on any atom is -0.351 e. The average Bonchev–Trinajstić information content (AvgIpc) is 2.50. The zero-order chi connectivity index (χ0) is 11.4. The Morgan fingerprint density at radius 1 is 1.50 bits per heavy atom. The van der Waals surface area contributed by atoms with E-state index in [2.05, 4.69) is 10.4 Å². The van der Waals surface area contributed by atoms with Gasteiger partial charge in [-0.2, -0.15) is 5.10 Å². The van der Waals surface area contributed by atoms with E-state index < -0.39 is 0 Å². The number of aromatic nitrogens is 2. The van der Waals surface area contributed by atoms with Crippen molar-refractivity contribution in [1.82, 2.24) is 15.1 Å². The van der Waals surface area contributed by atoms with Crippen molar-refractivity contribution < 1.29 is 4.79 Å². The Morgan fingerprint density at radius 2 is 2.12 bits per heavy atom. The number of nitrogens with two attached hydrogens (primary N) is 1. The lowest BCUT2D eigenvalue weighted by Gasteiger charge is -2.04. The summed E-state index contributed by atoms with van der Waals surface area (Å²) in [6.45, 7) is 7.47. The van der Waals surface area contributed by atoms with Gasteiger partial charge in [-0.3, -0.25) is 9.48 Å². The Kier molecular flexibility index (Phi) is 6.06. The van der Waals surface area contributed by atoms with Crippen molar-refractivity contribution in [2.24, 2.45) is 5.73 Å². The van der Waals surface area contributed by atoms with Gasteiger partial charge in [-0.25, -0.2) is 0 Å². The van der Waals surface area contributed by atoms with E-state index in [4.69, 9.17) is 5.73 Å². The summed E-state index contributed by atoms with van der Waals surface area (Å²) in [6.07, 6.45) is 0. The molecule has 0 aliphatic carbocycles. The fraction of sp³-hybridized carbons (Fsp3) is 0.600. The largest absolute Gasteiger partial charge is 0.351 e. The van der Waals surface area contributed by atoms with E-state index in [1.54, 1.807) is 0 Å². The second-order valence-corrected chi connectivity index (χ2v) is 3.41. The molecule has 0 fully saturated rings. The van der Waals surface area contributed by atoms with E-state index in [1.165, 1.54) is 0 Å². The highest BCUT2D eigenvalue weighted by atomic mass is 35.5. The van der Waals surface area contributed by atoms with E-state index in [1.807, 2.05) is 25.5 Å². The summed E-state index contributed by atoms with van der Waals surface area (Å²) in [5.74, 6) is -0.0878. The lowest BCUT2D eigenvalue weighted by atomic mass is 10.2. The van der Waals surface area contributed by atoms with Crippen molar-refractivity contribution in [3.05, 3.63) is 17.0 Å². The van der Waals surface area contributed by atoms with Crippen LogP contribution < -0.4 is 11.1 Å². The molecule has 0 saturated heterocycles. The molecule has 1 aromatic rings. The van der Waals surface area contributed by atoms with Gasteiger partial charge in [-0.05, 0) is 20.8 Å². The molecule has 3 N–H and O–H groups in total. The van der Waals surface area contributed by atoms with Crippen LogP contribution in [0.4, 0.5) is 0 Å². The summed E-state index contributed by atoms with van der Waals surface area (Å²) in [5, 5.41) is 7.03. The fourth-order valence-electron chi connectivity index (χ4n) is 1.61. The second-order valence-electron chi connectivity index (χ2n) is 3.41. The summed E-state index contributed by atoms with van der Waals surface area (Å²) in [7, 11) is 0. The summed E-state index contributed by atoms with van der Waals surface area (Å²) in [5.41, 5.74) is 7.67. The normalized spacial score (nSPS) is 9.75. The first-order valence-corrected chi connectivity index (χ1v) is 5.14. The van der Waals surface area contributed by atoms with Gasteiger partial charge in [-0.15, -0.1) is 12.4 Å². The minimum atomic E-state index is -0.0878. The molecule has 0 atom stereocenters. The minimum absolute atomic E-state index is 0. The number of halogens is 1. The van der Waals surface area contributed by atoms with Gasteiger partial charge in [0.1, 0.15) is 0 Å². The third-order valence-electron chi connectivity index (χ3n) is 2.34. The van der Waals surface area contributed by atoms with Crippen LogP contribution in [0.15, 0.2) is 0 Å². The van der Waals surface area contributed by atoms with Crippen molar-refractivity contribution in [3.8, 4) is 0 Å². The van der Waals surface area contributed by atoms with Crippen molar-refractivity contribution >= 4 is 18.3 Å². The lowest BCUT2D eigenvalue weighted by Crippen LogP contribution is -2.29. The molecule has 0 bridgehead atoms. The van der Waals surface area contributed by atoms with Gasteiger partial charge in [0, 0.05) is 25.3 Å². The standard InChI is InChI=1S/C10H18N4O.ClH/c1-4-14-8(3)9(7(2)13-14)10(15)12-6-5-11;/h4-6,11H2,1-3H3,(H,12,15);1H. The Hall–Kier alpha value is -1.07. The maximum Gasteiger partial charge on any atom is 0.255 e. The summed E-state index contributed by atoms with van der Waals surface area (Å²) in [4.78, 5) is 11.8. The van der Waals surface area contributed by atoms with E-state index in [9.17, 15) is 4.79 Å². The van der Waals surface area contributed by atoms with Crippen LogP contribution in [0.3, 0.4) is 0 Å². The van der Waals surface area contributed by atoms with Crippen LogP contribution in [0.25, 0.3) is 0 Å². The Balaban J connectivity index is 0.00000225. The summed E-state index contributed by atoms with van der Waals surface area (Å²) in [6, 6.07) is 0. The zero-order valence-electron chi connectivity index (χ0n) is 9.91. The number of rotatable bonds is 4. The summed E-state index contributed by atoms with van der Waals surface area (Å²) >= 11 is 0. The van der Waals surface area contributed by atoms with Gasteiger partial charge in [0.15, 0.2) is 0 Å². The first-order chi connectivity index (χ1) is 7.11. The van der Waals surface area contributed by atoms with Crippen LogP contribution in [0.5, 0.6) is 0 Å². The van der Waals surface area contributed by atoms with E-state index >= 15 is 0 Å². The highest BCUT2D eigenvalue weighted by molar-refractivity contribution is 5.96. The predicted molar refractivity (Wildman–Crippen MR) is 66.0 cm³/mol. The van der Waals surface area contributed by atoms with Crippen molar-refractivity contribution in [3.63, 3.8) is 0 Å². The van der Waals surface area contributed by atoms with E-state index in [-0.39, 0.29) is 18.3 Å². The number of nitrogens with one attached hydrogen (secondary N) is 1. The quantitative estimate of drug-likeness (QED) is 0.819. The molecule has 1 amide bonds. The van der Waals surface area contributed by atoms with Crippen LogP contribution in [-0.2, 0) is 6.54 Å². The zero-order valence-corrected chi connectivity index (χ0v) is 10.7. The Morgan fingerprint density at radius 3 is 2.56 bits per heavy atom. The van der Waals surface area contributed by atoms with Crippen LogP contribution in [0, 0.1) is 13.8 Å². The van der Waals surface area contributed by atoms with Crippen LogP contribution in [0.2, 0.25) is 0 Å². The molecule has 0 aromatic carbocycles. The average molecular weight is 247 g/mol.